The standard InChI is InChI=1S/C3H9O5P.5Na.7H2O.5Zn/c4-3(5)1-2-9(6,7)8;;;;;;;;;;;;;;;;;/h3-4,6-8H,1-2H2;;;;;;7*1H2;;;;;/q;;4*+1;;;;;;;;;;;;/p-6. The van der Waals surface area contributed by atoms with Crippen molar-refractivity contribution in [3.8, 4) is 0 Å². The first kappa shape index (κ1) is 144. The second-order valence-electron chi connectivity index (χ2n) is 1.66. The van der Waals surface area contributed by atoms with Gasteiger partial charge in [-0.3, -0.25) is 0 Å². The molecule has 0 aliphatic rings. The number of hydrogen-bond acceptors (Lipinski definition) is 11. The molecule has 0 heterocycles. The third-order valence-electron chi connectivity index (χ3n) is 0.676. The molecule has 0 aromatic carbocycles. The van der Waals surface area contributed by atoms with Crippen LogP contribution in [0.3, 0.4) is 0 Å². The fourth-order valence-electron chi connectivity index (χ4n) is 0.284. The van der Waals surface area contributed by atoms with Crippen molar-refractivity contribution in [3.05, 3.63) is 0 Å². The normalized spacial score (nSPS) is 5.42. The Kier molecular flexibility index (Phi) is 519. The molecule has 123 valence electrons. The van der Waals surface area contributed by atoms with Gasteiger partial charge in [0.05, 0.1) is 0 Å². The average molecular weight is 718 g/mol. The van der Waals surface area contributed by atoms with Gasteiger partial charge in [-0.05, 0) is 12.7 Å². The molecule has 0 aromatic heterocycles. The van der Waals surface area contributed by atoms with E-state index >= 15 is 0 Å². The van der Waals surface area contributed by atoms with Gasteiger partial charge in [0, 0.05) is 127 Å². The summed E-state index contributed by atoms with van der Waals surface area (Å²) in [6.07, 6.45) is -2.61. The van der Waals surface area contributed by atoms with Crippen molar-refractivity contribution in [3.63, 3.8) is 0 Å². The van der Waals surface area contributed by atoms with Crippen LogP contribution in [0, 0.1) is 0 Å². The fraction of sp³-hybridized carbons (Fsp3) is 1.00. The van der Waals surface area contributed by atoms with Gasteiger partial charge in [-0.1, -0.05) is 0 Å². The van der Waals surface area contributed by atoms with E-state index in [1.54, 1.807) is 0 Å². The summed E-state index contributed by atoms with van der Waals surface area (Å²) in [5, 5.41) is 17.9. The van der Waals surface area contributed by atoms with Crippen molar-refractivity contribution in [2.45, 2.75) is 12.7 Å². The van der Waals surface area contributed by atoms with E-state index in [0.29, 0.717) is 0 Å². The Hall–Kier alpha value is 8.07. The van der Waals surface area contributed by atoms with Gasteiger partial charge >= 0.3 is 126 Å². The Bertz CT molecular complexity index is 116. The molecule has 0 bridgehead atoms. The monoisotopic (exact) mass is 711 g/mol. The summed E-state index contributed by atoms with van der Waals surface area (Å²) in [6.45, 7) is 0. The van der Waals surface area contributed by atoms with Crippen LogP contribution in [0.5, 0.6) is 0 Å². The smallest absolute Gasteiger partial charge is 0.870 e. The maximum atomic E-state index is 9.81. The van der Waals surface area contributed by atoms with Gasteiger partial charge in [0.2, 0.25) is 0 Å². The molecule has 0 aliphatic heterocycles. The minimum absolute atomic E-state index is 0. The van der Waals surface area contributed by atoms with E-state index in [-0.39, 0.29) is 290 Å². The van der Waals surface area contributed by atoms with Gasteiger partial charge in [0.25, 0.3) is 0 Å². The average Bonchev–Trinajstić information content (AvgIpc) is 1.59. The van der Waals surface area contributed by atoms with Gasteiger partial charge in [-0.15, -0.1) is 0 Å². The molecule has 1 unspecified atom stereocenters. The Labute approximate surface area is 328 Å². The summed E-state index contributed by atoms with van der Waals surface area (Å²) in [7, 11) is -3.83. The summed E-state index contributed by atoms with van der Waals surface area (Å²) in [6, 6.07) is 0. The fourth-order valence-corrected chi connectivity index (χ4v) is 0.851. The minimum Gasteiger partial charge on any atom is -0.870 e. The third-order valence-corrected chi connectivity index (χ3v) is 1.53. The molecule has 23 heteroatoms. The number of aliphatic hydroxyl groups excluding tert-OH is 1. The molecule has 0 rings (SSSR count). The maximum absolute atomic E-state index is 9.81. The Morgan fingerprint density at radius 2 is 0.808 bits per heavy atom. The van der Waals surface area contributed by atoms with Crippen molar-refractivity contribution >= 4 is 37.5 Å². The molecule has 12 nitrogen and oxygen atoms in total. The van der Waals surface area contributed by atoms with E-state index in [1.165, 1.54) is 0 Å². The summed E-state index contributed by atoms with van der Waals surface area (Å²) in [4.78, 5) is 24.7. The van der Waals surface area contributed by atoms with Crippen LogP contribution in [0.25, 0.3) is 0 Å². The van der Waals surface area contributed by atoms with Crippen LogP contribution in [0.4, 0.5) is 0 Å². The molecule has 26 heavy (non-hydrogen) atoms. The predicted octanol–water partition coefficient (Wildman–Crippen LogP) is -16.5. The zero-order chi connectivity index (χ0) is 7.49. The van der Waals surface area contributed by atoms with Crippen LogP contribution in [0.2, 0.25) is 0 Å². The molecular weight excluding hydrogens is 701 g/mol. The summed E-state index contributed by atoms with van der Waals surface area (Å²) < 4.78 is 0. The number of aliphatic hydroxyl groups is 1. The largest absolute Gasteiger partial charge is 1.00 e. The Balaban J connectivity index is -0.00000000235. The van der Waals surface area contributed by atoms with Crippen LogP contribution in [-0.2, 0) is 97.4 Å². The van der Waals surface area contributed by atoms with Crippen LogP contribution >= 0.6 is 7.94 Å². The van der Waals surface area contributed by atoms with Gasteiger partial charge < -0.3 is 48.5 Å². The molecule has 0 saturated carbocycles. The van der Waals surface area contributed by atoms with Crippen molar-refractivity contribution in [1.82, 2.24) is 0 Å². The van der Waals surface area contributed by atoms with Crippen LogP contribution < -0.4 is 123 Å². The van der Waals surface area contributed by atoms with E-state index in [4.69, 9.17) is 19.8 Å². The number of rotatable bonds is 3. The minimum atomic E-state index is -3.83. The van der Waals surface area contributed by atoms with Crippen molar-refractivity contribution in [1.29, 1.82) is 0 Å². The van der Waals surface area contributed by atoms with Crippen LogP contribution in [-0.4, -0.2) is 100 Å². The molecule has 0 spiro atoms. The third kappa shape index (κ3) is 156. The molecule has 0 fully saturated rings. The zero-order valence-corrected chi connectivity index (χ0v) is 42.1. The van der Waals surface area contributed by atoms with Gasteiger partial charge in [0.1, 0.15) is 6.16 Å². The number of hydrogen-bond donors (Lipinski definition) is 4. The van der Waals surface area contributed by atoms with Gasteiger partial charge in [-0.25, -0.2) is 0 Å². The van der Waals surface area contributed by atoms with Gasteiger partial charge in [0.15, 0.2) is 0 Å². The molecule has 0 aliphatic carbocycles. The van der Waals surface area contributed by atoms with Crippen molar-refractivity contribution < 1.29 is 279 Å². The molecule has 12 N–H and O–H groups in total. The first-order chi connectivity index (χ1) is 3.92. The first-order valence-corrected chi connectivity index (χ1v) is 4.15. The topological polar surface area (TPSA) is 315 Å². The summed E-state index contributed by atoms with van der Waals surface area (Å²) in [5.41, 5.74) is 0. The quantitative estimate of drug-likeness (QED) is 0.121. The van der Waals surface area contributed by atoms with E-state index in [1.807, 2.05) is 0 Å². The zero-order valence-electron chi connectivity index (χ0n) is 16.4. The summed E-state index contributed by atoms with van der Waals surface area (Å²) in [5.74, 6) is 0. The maximum Gasteiger partial charge on any atom is 1.00 e. The molecular formula is C3H17Na5O12PZn5-2. The molecule has 0 saturated heterocycles. The van der Waals surface area contributed by atoms with E-state index < -0.39 is 20.4 Å². The van der Waals surface area contributed by atoms with Crippen molar-refractivity contribution in [2.24, 2.45) is 0 Å². The van der Waals surface area contributed by atoms with Crippen LogP contribution in [0.1, 0.15) is 6.42 Å². The van der Waals surface area contributed by atoms with E-state index in [2.05, 4.69) is 0 Å². The van der Waals surface area contributed by atoms with E-state index in [0.717, 1.165) is 0 Å². The summed E-state index contributed by atoms with van der Waals surface area (Å²) >= 11 is 0. The van der Waals surface area contributed by atoms with Crippen molar-refractivity contribution in [2.75, 3.05) is 6.16 Å². The SMILES string of the molecule is O.[Na+].[Na+].[Na+].[Na+].[Na].[O-]C(O)CC[P+](O)(O)O.[OH-].[OH-].[OH-].[OH-].[OH-].[OH-].[Zn].[Zn].[Zn].[Zn].[Zn]. The second kappa shape index (κ2) is 93.5. The van der Waals surface area contributed by atoms with E-state index in [9.17, 15) is 5.11 Å². The molecule has 1 radical (unpaired) electrons. The Morgan fingerprint density at radius 3 is 0.846 bits per heavy atom. The molecule has 0 amide bonds. The van der Waals surface area contributed by atoms with Gasteiger partial charge in [-0.2, -0.15) is 14.7 Å². The van der Waals surface area contributed by atoms with Crippen LogP contribution in [0.15, 0.2) is 0 Å². The first-order valence-electron chi connectivity index (χ1n) is 2.32. The molecule has 1 atom stereocenters. The molecule has 0 aromatic rings. The predicted molar refractivity (Wildman–Crippen MR) is 50.0 cm³/mol. The second-order valence-corrected chi connectivity index (χ2v) is 3.49. The Morgan fingerprint density at radius 1 is 0.654 bits per heavy atom.